The zero-order valence-electron chi connectivity index (χ0n) is 16.5. The fourth-order valence-electron chi connectivity index (χ4n) is 2.47. The molecule has 2 N–H and O–H groups in total. The lowest BCUT2D eigenvalue weighted by atomic mass is 10.1. The summed E-state index contributed by atoms with van der Waals surface area (Å²) in [6, 6.07) is 7.10. The number of ether oxygens (including phenoxy) is 2. The molecule has 1 heterocycles. The van der Waals surface area contributed by atoms with Crippen molar-refractivity contribution in [2.75, 3.05) is 24.4 Å². The second kappa shape index (κ2) is 10.3. The average molecular weight is 387 g/mol. The van der Waals surface area contributed by atoms with Gasteiger partial charge in [-0.3, -0.25) is 10.1 Å². The Morgan fingerprint density at radius 3 is 2.54 bits per heavy atom. The molecule has 9 heteroatoms. The summed E-state index contributed by atoms with van der Waals surface area (Å²) >= 11 is 0. The summed E-state index contributed by atoms with van der Waals surface area (Å²) < 4.78 is 10.6. The standard InChI is InChI=1S/C19H25N5O4/c1-5-15(23-19-21-12(2)20-18(24-19)22-13(3)25)11-28-10-14-8-6-7-9-16(14)17(26)27-4/h6-9,15H,5,10-11H2,1-4H3,(H2,20,21,22,23,24,25). The molecule has 1 amide bonds. The fourth-order valence-corrected chi connectivity index (χ4v) is 2.47. The van der Waals surface area contributed by atoms with Crippen LogP contribution in [-0.4, -0.2) is 46.6 Å². The Hall–Kier alpha value is -3.07. The molecule has 1 unspecified atom stereocenters. The van der Waals surface area contributed by atoms with Crippen molar-refractivity contribution in [2.24, 2.45) is 0 Å². The minimum absolute atomic E-state index is 0.0581. The van der Waals surface area contributed by atoms with Crippen molar-refractivity contribution in [1.29, 1.82) is 0 Å². The minimum atomic E-state index is -0.393. The third-order valence-electron chi connectivity index (χ3n) is 3.86. The Balaban J connectivity index is 1.98. The summed E-state index contributed by atoms with van der Waals surface area (Å²) in [7, 11) is 1.35. The third kappa shape index (κ3) is 6.27. The average Bonchev–Trinajstić information content (AvgIpc) is 2.66. The minimum Gasteiger partial charge on any atom is -0.465 e. The normalized spacial score (nSPS) is 11.6. The monoisotopic (exact) mass is 387 g/mol. The summed E-state index contributed by atoms with van der Waals surface area (Å²) in [6.07, 6.45) is 0.763. The Bertz CT molecular complexity index is 828. The van der Waals surface area contributed by atoms with Crippen molar-refractivity contribution < 1.29 is 19.1 Å². The number of aryl methyl sites for hydroxylation is 1. The summed E-state index contributed by atoms with van der Waals surface area (Å²) in [6.45, 7) is 5.77. The van der Waals surface area contributed by atoms with E-state index in [1.807, 2.05) is 19.1 Å². The van der Waals surface area contributed by atoms with E-state index in [2.05, 4.69) is 25.6 Å². The molecule has 2 rings (SSSR count). The van der Waals surface area contributed by atoms with Crippen molar-refractivity contribution in [3.8, 4) is 0 Å². The Morgan fingerprint density at radius 1 is 1.14 bits per heavy atom. The van der Waals surface area contributed by atoms with Crippen LogP contribution in [0.5, 0.6) is 0 Å². The van der Waals surface area contributed by atoms with Gasteiger partial charge in [0.25, 0.3) is 0 Å². The Labute approximate surface area is 163 Å². The Morgan fingerprint density at radius 2 is 1.86 bits per heavy atom. The zero-order valence-corrected chi connectivity index (χ0v) is 16.5. The molecule has 0 aliphatic carbocycles. The molecule has 2 aromatic rings. The molecule has 0 radical (unpaired) electrons. The van der Waals surface area contributed by atoms with Crippen LogP contribution in [0.3, 0.4) is 0 Å². The maximum absolute atomic E-state index is 11.8. The largest absolute Gasteiger partial charge is 0.465 e. The molecule has 0 aliphatic heterocycles. The van der Waals surface area contributed by atoms with Crippen molar-refractivity contribution in [1.82, 2.24) is 15.0 Å². The number of carbonyl (C=O) groups is 2. The molecule has 150 valence electrons. The van der Waals surface area contributed by atoms with Gasteiger partial charge in [-0.15, -0.1) is 0 Å². The van der Waals surface area contributed by atoms with Gasteiger partial charge in [-0.1, -0.05) is 25.1 Å². The van der Waals surface area contributed by atoms with Gasteiger partial charge in [0.15, 0.2) is 0 Å². The van der Waals surface area contributed by atoms with Crippen LogP contribution in [-0.2, 0) is 20.9 Å². The summed E-state index contributed by atoms with van der Waals surface area (Å²) in [5.41, 5.74) is 1.24. The van der Waals surface area contributed by atoms with E-state index in [0.717, 1.165) is 12.0 Å². The SMILES string of the molecule is CCC(COCc1ccccc1C(=O)OC)Nc1nc(C)nc(NC(C)=O)n1. The van der Waals surface area contributed by atoms with Gasteiger partial charge in [-0.25, -0.2) is 4.79 Å². The number of esters is 1. The highest BCUT2D eigenvalue weighted by molar-refractivity contribution is 5.90. The van der Waals surface area contributed by atoms with Gasteiger partial charge in [-0.05, 0) is 25.0 Å². The number of hydrogen-bond acceptors (Lipinski definition) is 8. The van der Waals surface area contributed by atoms with E-state index in [0.29, 0.717) is 23.9 Å². The van der Waals surface area contributed by atoms with Gasteiger partial charge in [-0.2, -0.15) is 15.0 Å². The molecule has 1 atom stereocenters. The highest BCUT2D eigenvalue weighted by atomic mass is 16.5. The molecule has 0 saturated heterocycles. The second-order valence-electron chi connectivity index (χ2n) is 6.12. The quantitative estimate of drug-likeness (QED) is 0.630. The number of nitrogens with one attached hydrogen (secondary N) is 2. The predicted octanol–water partition coefficient (Wildman–Crippen LogP) is 2.33. The maximum atomic E-state index is 11.8. The van der Waals surface area contributed by atoms with Crippen molar-refractivity contribution in [3.63, 3.8) is 0 Å². The summed E-state index contributed by atoms with van der Waals surface area (Å²) in [4.78, 5) is 35.5. The van der Waals surface area contributed by atoms with E-state index in [1.165, 1.54) is 14.0 Å². The topological polar surface area (TPSA) is 115 Å². The van der Waals surface area contributed by atoms with Crippen molar-refractivity contribution in [2.45, 2.75) is 39.8 Å². The molecule has 1 aromatic heterocycles. The summed E-state index contributed by atoms with van der Waals surface area (Å²) in [5.74, 6) is 0.405. The number of amides is 1. The predicted molar refractivity (Wildman–Crippen MR) is 104 cm³/mol. The van der Waals surface area contributed by atoms with Gasteiger partial charge < -0.3 is 14.8 Å². The molecule has 9 nitrogen and oxygen atoms in total. The first kappa shape index (κ1) is 21.2. The third-order valence-corrected chi connectivity index (χ3v) is 3.86. The van der Waals surface area contributed by atoms with E-state index in [4.69, 9.17) is 9.47 Å². The van der Waals surface area contributed by atoms with E-state index >= 15 is 0 Å². The number of rotatable bonds is 9. The first-order chi connectivity index (χ1) is 13.4. The van der Waals surface area contributed by atoms with Crippen LogP contribution in [0.25, 0.3) is 0 Å². The number of nitrogens with zero attached hydrogens (tertiary/aromatic N) is 3. The number of methoxy groups -OCH3 is 1. The lowest BCUT2D eigenvalue weighted by Gasteiger charge is -2.18. The number of aromatic nitrogens is 3. The van der Waals surface area contributed by atoms with E-state index in [9.17, 15) is 9.59 Å². The molecule has 28 heavy (non-hydrogen) atoms. The number of anilines is 2. The van der Waals surface area contributed by atoms with E-state index in [1.54, 1.807) is 19.1 Å². The lowest BCUT2D eigenvalue weighted by molar-refractivity contribution is -0.114. The van der Waals surface area contributed by atoms with Gasteiger partial charge in [0, 0.05) is 6.92 Å². The smallest absolute Gasteiger partial charge is 0.338 e. The molecule has 0 aliphatic rings. The second-order valence-corrected chi connectivity index (χ2v) is 6.12. The van der Waals surface area contributed by atoms with Crippen LogP contribution in [0, 0.1) is 6.92 Å². The first-order valence-electron chi connectivity index (χ1n) is 8.93. The number of hydrogen-bond donors (Lipinski definition) is 2. The maximum Gasteiger partial charge on any atom is 0.338 e. The van der Waals surface area contributed by atoms with Crippen LogP contribution in [0.15, 0.2) is 24.3 Å². The van der Waals surface area contributed by atoms with Gasteiger partial charge in [0.1, 0.15) is 5.82 Å². The molecule has 0 fully saturated rings. The molecule has 0 saturated carbocycles. The van der Waals surface area contributed by atoms with Crippen LogP contribution in [0.2, 0.25) is 0 Å². The molecule has 0 spiro atoms. The van der Waals surface area contributed by atoms with Crippen LogP contribution < -0.4 is 10.6 Å². The van der Waals surface area contributed by atoms with E-state index in [-0.39, 0.29) is 24.5 Å². The van der Waals surface area contributed by atoms with Gasteiger partial charge >= 0.3 is 5.97 Å². The molecular weight excluding hydrogens is 362 g/mol. The highest BCUT2D eigenvalue weighted by Gasteiger charge is 2.14. The fraction of sp³-hybridized carbons (Fsp3) is 0.421. The van der Waals surface area contributed by atoms with Gasteiger partial charge in [0.2, 0.25) is 17.8 Å². The van der Waals surface area contributed by atoms with Crippen molar-refractivity contribution >= 4 is 23.8 Å². The molecule has 0 bridgehead atoms. The first-order valence-corrected chi connectivity index (χ1v) is 8.93. The van der Waals surface area contributed by atoms with Gasteiger partial charge in [0.05, 0.1) is 31.9 Å². The van der Waals surface area contributed by atoms with Crippen LogP contribution >= 0.6 is 0 Å². The van der Waals surface area contributed by atoms with E-state index < -0.39 is 5.97 Å². The van der Waals surface area contributed by atoms with Crippen molar-refractivity contribution in [3.05, 3.63) is 41.2 Å². The molecule has 1 aromatic carbocycles. The summed E-state index contributed by atoms with van der Waals surface area (Å²) in [5, 5.41) is 5.74. The van der Waals surface area contributed by atoms with Crippen LogP contribution in [0.1, 0.15) is 42.0 Å². The Kier molecular flexibility index (Phi) is 7.82. The zero-order chi connectivity index (χ0) is 20.5. The number of benzene rings is 1. The highest BCUT2D eigenvalue weighted by Crippen LogP contribution is 2.13. The number of carbonyl (C=O) groups excluding carboxylic acids is 2. The van der Waals surface area contributed by atoms with Crippen LogP contribution in [0.4, 0.5) is 11.9 Å². The lowest BCUT2D eigenvalue weighted by Crippen LogP contribution is -2.26. The molecular formula is C19H25N5O4.